The number of halogens is 3. The first kappa shape index (κ1) is 15.0. The van der Waals surface area contributed by atoms with Gasteiger partial charge in [0.1, 0.15) is 0 Å². The molecule has 0 fully saturated rings. The van der Waals surface area contributed by atoms with Crippen molar-refractivity contribution in [3.8, 4) is 11.4 Å². The third-order valence-corrected chi connectivity index (χ3v) is 2.56. The van der Waals surface area contributed by atoms with Crippen molar-refractivity contribution in [3.05, 3.63) is 35.7 Å². The quantitative estimate of drug-likeness (QED) is 0.809. The van der Waals surface area contributed by atoms with Crippen LogP contribution in [0.5, 0.6) is 0 Å². The fraction of sp³-hybridized carbons (Fsp3) is 0.308. The van der Waals surface area contributed by atoms with E-state index < -0.39 is 12.1 Å². The average molecular weight is 299 g/mol. The number of aromatic nitrogens is 3. The van der Waals surface area contributed by atoms with E-state index in [4.69, 9.17) is 4.74 Å². The minimum Gasteiger partial charge on any atom is -0.501 e. The highest BCUT2D eigenvalue weighted by molar-refractivity contribution is 5.61. The molecule has 5 nitrogen and oxygen atoms in total. The SMILES string of the molecule is CCO/C=C/c1cc(-c2noc(C(F)(F)F)n2)cnc1C. The summed E-state index contributed by atoms with van der Waals surface area (Å²) < 4.78 is 46.6. The normalized spacial score (nSPS) is 12.0. The van der Waals surface area contributed by atoms with Crippen LogP contribution in [0.3, 0.4) is 0 Å². The predicted octanol–water partition coefficient (Wildman–Crippen LogP) is 3.47. The molecule has 2 heterocycles. The lowest BCUT2D eigenvalue weighted by Gasteiger charge is -2.02. The van der Waals surface area contributed by atoms with Gasteiger partial charge in [-0.25, -0.2) is 0 Å². The lowest BCUT2D eigenvalue weighted by Crippen LogP contribution is -2.04. The summed E-state index contributed by atoms with van der Waals surface area (Å²) in [5.41, 5.74) is 1.73. The summed E-state index contributed by atoms with van der Waals surface area (Å²) in [7, 11) is 0. The number of ether oxygens (including phenoxy) is 1. The highest BCUT2D eigenvalue weighted by Crippen LogP contribution is 2.29. The molecule has 2 aromatic rings. The molecule has 2 aromatic heterocycles. The summed E-state index contributed by atoms with van der Waals surface area (Å²) in [6.07, 6.45) is -0.120. The van der Waals surface area contributed by atoms with Crippen molar-refractivity contribution < 1.29 is 22.4 Å². The number of aryl methyl sites for hydroxylation is 1. The van der Waals surface area contributed by atoms with Crippen LogP contribution in [0.2, 0.25) is 0 Å². The topological polar surface area (TPSA) is 61.0 Å². The highest BCUT2D eigenvalue weighted by atomic mass is 19.4. The zero-order valence-electron chi connectivity index (χ0n) is 11.3. The summed E-state index contributed by atoms with van der Waals surface area (Å²) >= 11 is 0. The van der Waals surface area contributed by atoms with Crippen molar-refractivity contribution in [2.75, 3.05) is 6.61 Å². The Kier molecular flexibility index (Phi) is 4.25. The van der Waals surface area contributed by atoms with E-state index in [1.807, 2.05) is 6.92 Å². The molecule has 0 bridgehead atoms. The molecular weight excluding hydrogens is 287 g/mol. The second kappa shape index (κ2) is 5.94. The van der Waals surface area contributed by atoms with Crippen molar-refractivity contribution >= 4 is 6.08 Å². The maximum atomic E-state index is 12.4. The first-order valence-corrected chi connectivity index (χ1v) is 6.08. The molecule has 0 saturated carbocycles. The van der Waals surface area contributed by atoms with Crippen LogP contribution in [-0.2, 0) is 10.9 Å². The summed E-state index contributed by atoms with van der Waals surface area (Å²) in [5, 5.41) is 3.32. The van der Waals surface area contributed by atoms with E-state index in [0.717, 1.165) is 0 Å². The fourth-order valence-corrected chi connectivity index (χ4v) is 1.51. The molecule has 0 atom stereocenters. The average Bonchev–Trinajstić information content (AvgIpc) is 2.91. The number of rotatable bonds is 4. The molecule has 0 aromatic carbocycles. The third kappa shape index (κ3) is 3.59. The number of hydrogen-bond acceptors (Lipinski definition) is 5. The van der Waals surface area contributed by atoms with Gasteiger partial charge in [-0.2, -0.15) is 18.2 Å². The van der Waals surface area contributed by atoms with Crippen LogP contribution in [0, 0.1) is 6.92 Å². The molecule has 0 N–H and O–H groups in total. The highest BCUT2D eigenvalue weighted by Gasteiger charge is 2.38. The second-order valence-corrected chi connectivity index (χ2v) is 4.08. The van der Waals surface area contributed by atoms with Gasteiger partial charge in [-0.05, 0) is 31.6 Å². The summed E-state index contributed by atoms with van der Waals surface area (Å²) in [5.74, 6) is -1.55. The summed E-state index contributed by atoms with van der Waals surface area (Å²) in [6.45, 7) is 4.12. The van der Waals surface area contributed by atoms with Crippen LogP contribution in [0.15, 0.2) is 23.0 Å². The van der Waals surface area contributed by atoms with E-state index in [1.165, 1.54) is 12.5 Å². The van der Waals surface area contributed by atoms with Crippen LogP contribution < -0.4 is 0 Å². The molecule has 0 aliphatic carbocycles. The van der Waals surface area contributed by atoms with Gasteiger partial charge >= 0.3 is 12.1 Å². The van der Waals surface area contributed by atoms with E-state index in [2.05, 4.69) is 19.6 Å². The fourth-order valence-electron chi connectivity index (χ4n) is 1.51. The number of hydrogen-bond donors (Lipinski definition) is 0. The minimum atomic E-state index is -4.67. The Bertz CT molecular complexity index is 650. The lowest BCUT2D eigenvalue weighted by atomic mass is 10.1. The Hall–Kier alpha value is -2.38. The smallest absolute Gasteiger partial charge is 0.471 e. The van der Waals surface area contributed by atoms with Crippen molar-refractivity contribution in [2.45, 2.75) is 20.0 Å². The van der Waals surface area contributed by atoms with Crippen molar-refractivity contribution in [1.29, 1.82) is 0 Å². The van der Waals surface area contributed by atoms with E-state index in [1.54, 1.807) is 19.1 Å². The molecule has 21 heavy (non-hydrogen) atoms. The van der Waals surface area contributed by atoms with Gasteiger partial charge in [0.2, 0.25) is 5.82 Å². The van der Waals surface area contributed by atoms with Crippen LogP contribution in [0.4, 0.5) is 13.2 Å². The first-order chi connectivity index (χ1) is 9.91. The van der Waals surface area contributed by atoms with Crippen LogP contribution in [0.25, 0.3) is 17.5 Å². The molecule has 0 aliphatic rings. The van der Waals surface area contributed by atoms with Gasteiger partial charge in [0.05, 0.1) is 12.9 Å². The first-order valence-electron chi connectivity index (χ1n) is 6.08. The van der Waals surface area contributed by atoms with Gasteiger partial charge in [0.25, 0.3) is 0 Å². The van der Waals surface area contributed by atoms with Gasteiger partial charge in [-0.15, -0.1) is 0 Å². The van der Waals surface area contributed by atoms with Crippen molar-refractivity contribution in [2.24, 2.45) is 0 Å². The predicted molar refractivity (Wildman–Crippen MR) is 67.9 cm³/mol. The number of nitrogens with zero attached hydrogens (tertiary/aromatic N) is 3. The summed E-state index contributed by atoms with van der Waals surface area (Å²) in [6, 6.07) is 1.61. The summed E-state index contributed by atoms with van der Waals surface area (Å²) in [4.78, 5) is 7.42. The molecule has 0 amide bonds. The molecular formula is C13H12F3N3O2. The Labute approximate surface area is 118 Å². The number of alkyl halides is 3. The van der Waals surface area contributed by atoms with Crippen LogP contribution in [0.1, 0.15) is 24.1 Å². The Morgan fingerprint density at radius 3 is 2.76 bits per heavy atom. The maximum absolute atomic E-state index is 12.4. The minimum absolute atomic E-state index is 0.166. The van der Waals surface area contributed by atoms with E-state index in [-0.39, 0.29) is 5.82 Å². The Balaban J connectivity index is 2.32. The molecule has 8 heteroatoms. The largest absolute Gasteiger partial charge is 0.501 e. The van der Waals surface area contributed by atoms with Gasteiger partial charge in [0.15, 0.2) is 0 Å². The van der Waals surface area contributed by atoms with E-state index >= 15 is 0 Å². The molecule has 0 aliphatic heterocycles. The van der Waals surface area contributed by atoms with Crippen LogP contribution >= 0.6 is 0 Å². The zero-order valence-corrected chi connectivity index (χ0v) is 11.3. The van der Waals surface area contributed by atoms with Gasteiger partial charge in [-0.3, -0.25) is 4.98 Å². The molecule has 0 spiro atoms. The van der Waals surface area contributed by atoms with Gasteiger partial charge < -0.3 is 9.26 Å². The van der Waals surface area contributed by atoms with Gasteiger partial charge in [0, 0.05) is 17.5 Å². The number of pyridine rings is 1. The second-order valence-electron chi connectivity index (χ2n) is 4.08. The molecule has 0 saturated heterocycles. The third-order valence-electron chi connectivity index (χ3n) is 2.56. The molecule has 112 valence electrons. The molecule has 0 radical (unpaired) electrons. The van der Waals surface area contributed by atoms with Gasteiger partial charge in [-0.1, -0.05) is 5.16 Å². The monoisotopic (exact) mass is 299 g/mol. The molecule has 0 unspecified atom stereocenters. The molecule has 2 rings (SSSR count). The Morgan fingerprint density at radius 1 is 1.38 bits per heavy atom. The van der Waals surface area contributed by atoms with E-state index in [9.17, 15) is 13.2 Å². The lowest BCUT2D eigenvalue weighted by molar-refractivity contribution is -0.159. The maximum Gasteiger partial charge on any atom is 0.471 e. The van der Waals surface area contributed by atoms with Crippen molar-refractivity contribution in [3.63, 3.8) is 0 Å². The van der Waals surface area contributed by atoms with E-state index in [0.29, 0.717) is 23.4 Å². The Morgan fingerprint density at radius 2 is 2.14 bits per heavy atom. The van der Waals surface area contributed by atoms with Crippen LogP contribution in [-0.4, -0.2) is 21.7 Å². The zero-order chi connectivity index (χ0) is 15.5. The van der Waals surface area contributed by atoms with Crippen molar-refractivity contribution in [1.82, 2.24) is 15.1 Å². The standard InChI is InChI=1S/C13H12F3N3O2/c1-3-20-5-4-9-6-10(7-17-8(9)2)11-18-12(21-19-11)13(14,15)16/h4-7H,3H2,1-2H3/b5-4+.